The van der Waals surface area contributed by atoms with Crippen molar-refractivity contribution in [2.24, 2.45) is 0 Å². The lowest BCUT2D eigenvalue weighted by Gasteiger charge is -2.36. The monoisotopic (exact) mass is 434 g/mol. The quantitative estimate of drug-likeness (QED) is 0.443. The van der Waals surface area contributed by atoms with Crippen LogP contribution in [0.25, 0.3) is 0 Å². The van der Waals surface area contributed by atoms with Gasteiger partial charge in [-0.3, -0.25) is 0 Å². The number of halogens is 1. The molecule has 0 saturated heterocycles. The molecule has 0 fully saturated rings. The fourth-order valence-electron chi connectivity index (χ4n) is 3.68. The van der Waals surface area contributed by atoms with Gasteiger partial charge in [0.1, 0.15) is 0 Å². The molecular formula is C23H31I. The third-order valence-corrected chi connectivity index (χ3v) is 6.44. The number of hydrogen-bond acceptors (Lipinski definition) is 0. The summed E-state index contributed by atoms with van der Waals surface area (Å²) in [7, 11) is 0. The molecule has 24 heavy (non-hydrogen) atoms. The van der Waals surface area contributed by atoms with Gasteiger partial charge in [0.05, 0.1) is 0 Å². The summed E-state index contributed by atoms with van der Waals surface area (Å²) < 4.78 is 1.38. The van der Waals surface area contributed by atoms with E-state index in [2.05, 4.69) is 114 Å². The lowest BCUT2D eigenvalue weighted by Crippen LogP contribution is -2.28. The van der Waals surface area contributed by atoms with E-state index in [1.54, 1.807) is 0 Å². The van der Waals surface area contributed by atoms with Gasteiger partial charge in [-0.15, -0.1) is 0 Å². The van der Waals surface area contributed by atoms with Crippen molar-refractivity contribution in [1.29, 1.82) is 0 Å². The first kappa shape index (κ1) is 19.5. The first-order valence-electron chi connectivity index (χ1n) is 8.87. The Morgan fingerprint density at radius 2 is 1.38 bits per heavy atom. The predicted molar refractivity (Wildman–Crippen MR) is 115 cm³/mol. The number of hydrogen-bond donors (Lipinski definition) is 0. The van der Waals surface area contributed by atoms with E-state index >= 15 is 0 Å². The van der Waals surface area contributed by atoms with E-state index in [0.717, 1.165) is 0 Å². The van der Waals surface area contributed by atoms with Crippen LogP contribution in [0.4, 0.5) is 0 Å². The SMILES string of the molecule is Cc1cccc(C(C)(C)c2cccc(C(C)C)c2C(C)(C)C)c1I. The molecule has 0 aliphatic rings. The molecule has 0 radical (unpaired) electrons. The van der Waals surface area contributed by atoms with Crippen molar-refractivity contribution in [2.45, 2.75) is 72.1 Å². The summed E-state index contributed by atoms with van der Waals surface area (Å²) >= 11 is 2.51. The molecule has 0 atom stereocenters. The van der Waals surface area contributed by atoms with Crippen LogP contribution < -0.4 is 0 Å². The normalized spacial score (nSPS) is 12.8. The third-order valence-electron chi connectivity index (χ3n) is 5.01. The summed E-state index contributed by atoms with van der Waals surface area (Å²) in [5.74, 6) is 0.534. The molecule has 130 valence electrons. The minimum atomic E-state index is -0.0178. The summed E-state index contributed by atoms with van der Waals surface area (Å²) in [6.07, 6.45) is 0. The Hall–Kier alpha value is -0.830. The van der Waals surface area contributed by atoms with Gasteiger partial charge in [-0.2, -0.15) is 0 Å². The highest BCUT2D eigenvalue weighted by Crippen LogP contribution is 2.43. The van der Waals surface area contributed by atoms with Crippen LogP contribution in [0.2, 0.25) is 0 Å². The van der Waals surface area contributed by atoms with Gasteiger partial charge in [-0.05, 0) is 68.7 Å². The maximum Gasteiger partial charge on any atom is 0.0200 e. The van der Waals surface area contributed by atoms with Crippen LogP contribution in [0.3, 0.4) is 0 Å². The molecule has 1 heteroatoms. The molecular weight excluding hydrogens is 403 g/mol. The number of aryl methyl sites for hydroxylation is 1. The van der Waals surface area contributed by atoms with Crippen LogP contribution in [-0.4, -0.2) is 0 Å². The second kappa shape index (κ2) is 6.82. The Labute approximate surface area is 162 Å². The van der Waals surface area contributed by atoms with Gasteiger partial charge in [0.2, 0.25) is 0 Å². The molecule has 0 bridgehead atoms. The molecule has 0 spiro atoms. The second-order valence-corrected chi connectivity index (χ2v) is 9.81. The lowest BCUT2D eigenvalue weighted by atomic mass is 9.68. The van der Waals surface area contributed by atoms with E-state index in [1.165, 1.54) is 31.4 Å². The molecule has 0 heterocycles. The minimum absolute atomic E-state index is 0.0178. The molecule has 0 N–H and O–H groups in total. The highest BCUT2D eigenvalue weighted by molar-refractivity contribution is 14.1. The Bertz CT molecular complexity index is 730. The van der Waals surface area contributed by atoms with Gasteiger partial charge < -0.3 is 0 Å². The largest absolute Gasteiger partial charge is 0.0617 e. The van der Waals surface area contributed by atoms with E-state index in [0.29, 0.717) is 5.92 Å². The fourth-order valence-corrected chi connectivity index (χ4v) is 4.72. The summed E-state index contributed by atoms with van der Waals surface area (Å²) in [6, 6.07) is 13.6. The maximum absolute atomic E-state index is 2.51. The number of benzene rings is 2. The maximum atomic E-state index is 2.51. The van der Waals surface area contributed by atoms with Crippen LogP contribution in [0.5, 0.6) is 0 Å². The van der Waals surface area contributed by atoms with Crippen molar-refractivity contribution in [3.63, 3.8) is 0 Å². The average molecular weight is 434 g/mol. The van der Waals surface area contributed by atoms with E-state index in [4.69, 9.17) is 0 Å². The molecule has 2 aromatic carbocycles. The van der Waals surface area contributed by atoms with Gasteiger partial charge in [0, 0.05) is 8.99 Å². The fraction of sp³-hybridized carbons (Fsp3) is 0.478. The van der Waals surface area contributed by atoms with Gasteiger partial charge >= 0.3 is 0 Å². The molecule has 2 rings (SSSR count). The van der Waals surface area contributed by atoms with E-state index in [9.17, 15) is 0 Å². The zero-order valence-electron chi connectivity index (χ0n) is 16.4. The van der Waals surface area contributed by atoms with Crippen molar-refractivity contribution in [1.82, 2.24) is 0 Å². The van der Waals surface area contributed by atoms with Gasteiger partial charge in [0.25, 0.3) is 0 Å². The molecule has 2 aromatic rings. The third kappa shape index (κ3) is 3.56. The highest BCUT2D eigenvalue weighted by atomic mass is 127. The lowest BCUT2D eigenvalue weighted by molar-refractivity contribution is 0.538. The summed E-state index contributed by atoms with van der Waals surface area (Å²) in [6.45, 7) is 18.6. The van der Waals surface area contributed by atoms with Crippen molar-refractivity contribution in [2.75, 3.05) is 0 Å². The van der Waals surface area contributed by atoms with Crippen molar-refractivity contribution in [3.8, 4) is 0 Å². The summed E-state index contributed by atoms with van der Waals surface area (Å²) in [5.41, 5.74) is 7.36. The van der Waals surface area contributed by atoms with Crippen molar-refractivity contribution < 1.29 is 0 Å². The van der Waals surface area contributed by atoms with Crippen LogP contribution in [0.15, 0.2) is 36.4 Å². The molecule has 0 aliphatic heterocycles. The minimum Gasteiger partial charge on any atom is -0.0617 e. The molecule has 0 aliphatic carbocycles. The van der Waals surface area contributed by atoms with E-state index < -0.39 is 0 Å². The van der Waals surface area contributed by atoms with Gasteiger partial charge in [-0.25, -0.2) is 0 Å². The zero-order chi connectivity index (χ0) is 18.3. The molecule has 0 aromatic heterocycles. The zero-order valence-corrected chi connectivity index (χ0v) is 18.6. The Morgan fingerprint density at radius 3 is 1.92 bits per heavy atom. The van der Waals surface area contributed by atoms with E-state index in [-0.39, 0.29) is 10.8 Å². The Balaban J connectivity index is 2.80. The molecule has 0 unspecified atom stereocenters. The van der Waals surface area contributed by atoms with Crippen molar-refractivity contribution in [3.05, 3.63) is 67.8 Å². The van der Waals surface area contributed by atoms with Crippen LogP contribution >= 0.6 is 22.6 Å². The standard InChI is InChI=1S/C23H31I/c1-15(2)17-12-10-13-18(20(17)22(4,5)6)23(7,8)19-14-9-11-16(3)21(19)24/h9-15H,1-8H3. The van der Waals surface area contributed by atoms with Crippen LogP contribution in [-0.2, 0) is 10.8 Å². The molecule has 0 saturated carbocycles. The Morgan fingerprint density at radius 1 is 0.833 bits per heavy atom. The predicted octanol–water partition coefficient (Wildman–Crippen LogP) is 7.35. The molecule has 0 nitrogen and oxygen atoms in total. The van der Waals surface area contributed by atoms with Gasteiger partial charge in [0.15, 0.2) is 0 Å². The van der Waals surface area contributed by atoms with Gasteiger partial charge in [-0.1, -0.05) is 84.9 Å². The first-order valence-corrected chi connectivity index (χ1v) is 9.95. The molecule has 0 amide bonds. The average Bonchev–Trinajstić information content (AvgIpc) is 2.48. The smallest absolute Gasteiger partial charge is 0.0200 e. The highest BCUT2D eigenvalue weighted by Gasteiger charge is 2.33. The topological polar surface area (TPSA) is 0 Å². The first-order chi connectivity index (χ1) is 11.0. The van der Waals surface area contributed by atoms with E-state index in [1.807, 2.05) is 0 Å². The summed E-state index contributed by atoms with van der Waals surface area (Å²) in [5, 5.41) is 0. The summed E-state index contributed by atoms with van der Waals surface area (Å²) in [4.78, 5) is 0. The van der Waals surface area contributed by atoms with Crippen LogP contribution in [0.1, 0.15) is 82.2 Å². The van der Waals surface area contributed by atoms with Crippen LogP contribution in [0, 0.1) is 10.5 Å². The van der Waals surface area contributed by atoms with Crippen molar-refractivity contribution >= 4 is 22.6 Å². The Kier molecular flexibility index (Phi) is 5.54. The number of rotatable bonds is 3. The second-order valence-electron chi connectivity index (χ2n) is 8.74.